The van der Waals surface area contributed by atoms with Gasteiger partial charge in [-0.25, -0.2) is 19.9 Å². The predicted octanol–water partition coefficient (Wildman–Crippen LogP) is 26.7. The van der Waals surface area contributed by atoms with Crippen LogP contribution in [0.15, 0.2) is 413 Å². The van der Waals surface area contributed by atoms with Gasteiger partial charge in [0.2, 0.25) is 0 Å². The zero-order valence-electron chi connectivity index (χ0n) is 60.8. The van der Waals surface area contributed by atoms with E-state index in [0.717, 1.165) is 84.3 Å². The maximum atomic E-state index is 5.08. The van der Waals surface area contributed by atoms with E-state index in [2.05, 4.69) is 358 Å². The van der Waals surface area contributed by atoms with E-state index in [1.807, 2.05) is 72.8 Å². The van der Waals surface area contributed by atoms with E-state index in [0.29, 0.717) is 11.6 Å². The van der Waals surface area contributed by atoms with Crippen LogP contribution in [-0.4, -0.2) is 38.2 Å². The molecular weight excluding hydrogens is 1360 g/mol. The molecule has 524 valence electrons. The lowest BCUT2D eigenvalue weighted by Crippen LogP contribution is -1.97. The minimum atomic E-state index is 0.699. The molecule has 112 heavy (non-hydrogen) atoms. The number of para-hydroxylation sites is 6. The Kier molecular flexibility index (Phi) is 16.1. The topological polar surface area (TPSA) is 71.3 Å². The molecule has 8 nitrogen and oxygen atoms in total. The Morgan fingerprint density at radius 2 is 0.357 bits per heavy atom. The van der Waals surface area contributed by atoms with Crippen molar-refractivity contribution in [2.45, 2.75) is 0 Å². The normalized spacial score (nSPS) is 11.6. The summed E-state index contributed by atoms with van der Waals surface area (Å²) in [6, 6.07) is 146. The van der Waals surface area contributed by atoms with Crippen LogP contribution in [0.5, 0.6) is 0 Å². The van der Waals surface area contributed by atoms with E-state index in [1.54, 1.807) is 0 Å². The molecule has 0 aliphatic carbocycles. The summed E-state index contributed by atoms with van der Waals surface area (Å²) < 4.78 is 9.48. The molecule has 0 fully saturated rings. The summed E-state index contributed by atoms with van der Waals surface area (Å²) >= 11 is 0. The van der Waals surface area contributed by atoms with Gasteiger partial charge in [0.15, 0.2) is 11.6 Å². The van der Waals surface area contributed by atoms with Crippen molar-refractivity contribution >= 4 is 87.2 Å². The molecule has 0 aliphatic rings. The van der Waals surface area contributed by atoms with Crippen molar-refractivity contribution in [1.29, 1.82) is 0 Å². The maximum absolute atomic E-state index is 5.08. The average molecular weight is 1430 g/mol. The van der Waals surface area contributed by atoms with Crippen LogP contribution in [0.4, 0.5) is 0 Å². The van der Waals surface area contributed by atoms with Gasteiger partial charge in [0, 0.05) is 99.2 Å². The third-order valence-corrected chi connectivity index (χ3v) is 21.9. The second-order valence-electron chi connectivity index (χ2n) is 28.5. The van der Waals surface area contributed by atoms with Gasteiger partial charge in [-0.3, -0.25) is 0 Å². The summed E-state index contributed by atoms with van der Waals surface area (Å²) in [5.74, 6) is 1.40. The van der Waals surface area contributed by atoms with Crippen LogP contribution in [0, 0.1) is 0 Å². The molecule has 0 unspecified atom stereocenters. The maximum Gasteiger partial charge on any atom is 0.160 e. The van der Waals surface area contributed by atoms with E-state index < -0.39 is 0 Å². The Bertz CT molecular complexity index is 7190. The molecular formula is C104H68N8. The van der Waals surface area contributed by atoms with E-state index in [-0.39, 0.29) is 0 Å². The number of hydrogen-bond donors (Lipinski definition) is 0. The minimum absolute atomic E-state index is 0.699. The number of nitrogens with zero attached hydrogens (tertiary/aromatic N) is 8. The van der Waals surface area contributed by atoms with Gasteiger partial charge in [-0.05, 0) is 174 Å². The van der Waals surface area contributed by atoms with Gasteiger partial charge in [-0.15, -0.1) is 0 Å². The SMILES string of the molecule is c1ccc(-c2cc(-c3ccccc3)nc(-c3ccc(-n4c5ccccc5c5cc(-c6ccc7c(c6)c6ccccc6n7-c6ccccc6)ccc54)cc3)n2)cc1.c1ccc(-c2cc(-c3ccccc3)nc(-c3ccc(-n4c5ccccc5c5ccc(-c6ccc7c(c6)c6ccccc6n7-c6ccccc6)cc54)cc3)n2)cc1. The Morgan fingerprint density at radius 1 is 0.134 bits per heavy atom. The van der Waals surface area contributed by atoms with Crippen molar-refractivity contribution in [2.24, 2.45) is 0 Å². The fraction of sp³-hybridized carbons (Fsp3) is 0. The number of rotatable bonds is 12. The number of hydrogen-bond acceptors (Lipinski definition) is 4. The second kappa shape index (κ2) is 27.6. The van der Waals surface area contributed by atoms with Crippen molar-refractivity contribution in [3.8, 4) is 113 Å². The monoisotopic (exact) mass is 1430 g/mol. The molecule has 0 N–H and O–H groups in total. The smallest absolute Gasteiger partial charge is 0.160 e. The summed E-state index contributed by atoms with van der Waals surface area (Å²) in [4.78, 5) is 20.3. The highest BCUT2D eigenvalue weighted by Crippen LogP contribution is 2.43. The average Bonchev–Trinajstić information content (AvgIpc) is 1.59. The van der Waals surface area contributed by atoms with E-state index >= 15 is 0 Å². The molecule has 22 aromatic rings. The van der Waals surface area contributed by atoms with Crippen LogP contribution < -0.4 is 0 Å². The second-order valence-corrected chi connectivity index (χ2v) is 28.5. The Balaban J connectivity index is 0.000000141. The molecule has 0 spiro atoms. The van der Waals surface area contributed by atoms with Crippen LogP contribution >= 0.6 is 0 Å². The summed E-state index contributed by atoms with van der Waals surface area (Å²) in [5, 5.41) is 9.89. The Hall–Kier alpha value is -15.1. The molecule has 6 heterocycles. The molecule has 22 rings (SSSR count). The zero-order valence-corrected chi connectivity index (χ0v) is 60.8. The molecule has 0 aliphatic heterocycles. The van der Waals surface area contributed by atoms with Gasteiger partial charge in [-0.2, -0.15) is 0 Å². The predicted molar refractivity (Wildman–Crippen MR) is 465 cm³/mol. The highest BCUT2D eigenvalue weighted by Gasteiger charge is 2.21. The van der Waals surface area contributed by atoms with E-state index in [4.69, 9.17) is 19.9 Å². The molecule has 6 aromatic heterocycles. The van der Waals surface area contributed by atoms with E-state index in [1.165, 1.54) is 104 Å². The molecule has 16 aromatic carbocycles. The molecule has 0 saturated carbocycles. The van der Waals surface area contributed by atoms with Gasteiger partial charge >= 0.3 is 0 Å². The lowest BCUT2D eigenvalue weighted by molar-refractivity contribution is 1.16. The first kappa shape index (κ1) is 65.2. The fourth-order valence-corrected chi connectivity index (χ4v) is 16.6. The largest absolute Gasteiger partial charge is 0.309 e. The first-order chi connectivity index (χ1) is 55.5. The van der Waals surface area contributed by atoms with Crippen LogP contribution in [0.1, 0.15) is 0 Å². The molecule has 0 amide bonds. The summed E-state index contributed by atoms with van der Waals surface area (Å²) in [7, 11) is 0. The van der Waals surface area contributed by atoms with Gasteiger partial charge < -0.3 is 18.3 Å². The minimum Gasteiger partial charge on any atom is -0.309 e. The standard InChI is InChI=1S/2C52H34N4/c1-4-14-35(15-5-1)46-34-47(36-16-6-2-7-17-36)54-52(53-46)37-24-28-41(29-25-37)56-48-22-12-10-20-42(48)44-30-26-39(33-51(44)56)38-27-31-50-45(32-38)43-21-11-13-23-49(43)55(50)40-18-8-3-9-19-40;1-4-14-35(15-5-1)46-34-47(36-16-6-2-7-17-36)54-52(53-46)37-24-28-41(29-25-37)56-49-23-13-11-21-43(49)45-33-39(27-31-51(45)56)38-26-30-50-44(32-38)42-20-10-12-22-48(42)55(50)40-18-8-3-9-19-40/h2*1-34H. The van der Waals surface area contributed by atoms with Gasteiger partial charge in [0.25, 0.3) is 0 Å². The summed E-state index contributed by atoms with van der Waals surface area (Å²) in [6.45, 7) is 0. The van der Waals surface area contributed by atoms with Gasteiger partial charge in [-0.1, -0.05) is 261 Å². The third-order valence-electron chi connectivity index (χ3n) is 21.9. The molecule has 0 bridgehead atoms. The van der Waals surface area contributed by atoms with Gasteiger partial charge in [0.1, 0.15) is 0 Å². The first-order valence-electron chi connectivity index (χ1n) is 38.0. The summed E-state index contributed by atoms with van der Waals surface area (Å²) in [6.07, 6.45) is 0. The van der Waals surface area contributed by atoms with E-state index in [9.17, 15) is 0 Å². The third kappa shape index (κ3) is 11.6. The lowest BCUT2D eigenvalue weighted by Gasteiger charge is -2.12. The van der Waals surface area contributed by atoms with Crippen LogP contribution in [-0.2, 0) is 0 Å². The number of fused-ring (bicyclic) bond motifs is 12. The quantitative estimate of drug-likeness (QED) is 0.122. The van der Waals surface area contributed by atoms with Crippen LogP contribution in [0.25, 0.3) is 200 Å². The van der Waals surface area contributed by atoms with Crippen LogP contribution in [0.3, 0.4) is 0 Å². The Labute approximate surface area is 646 Å². The molecule has 8 heteroatoms. The summed E-state index contributed by atoms with van der Waals surface area (Å²) in [5.41, 5.74) is 28.5. The molecule has 0 radical (unpaired) electrons. The Morgan fingerprint density at radius 3 is 0.679 bits per heavy atom. The highest BCUT2D eigenvalue weighted by atomic mass is 15.0. The van der Waals surface area contributed by atoms with Gasteiger partial charge in [0.05, 0.1) is 66.9 Å². The lowest BCUT2D eigenvalue weighted by atomic mass is 10.0. The van der Waals surface area contributed by atoms with Crippen molar-refractivity contribution < 1.29 is 0 Å². The zero-order chi connectivity index (χ0) is 74.0. The van der Waals surface area contributed by atoms with Crippen molar-refractivity contribution in [3.63, 3.8) is 0 Å². The van der Waals surface area contributed by atoms with Crippen molar-refractivity contribution in [3.05, 3.63) is 413 Å². The first-order valence-corrected chi connectivity index (χ1v) is 38.0. The van der Waals surface area contributed by atoms with Crippen molar-refractivity contribution in [2.75, 3.05) is 0 Å². The van der Waals surface area contributed by atoms with Crippen molar-refractivity contribution in [1.82, 2.24) is 38.2 Å². The molecule has 0 saturated heterocycles. The fourth-order valence-electron chi connectivity index (χ4n) is 16.6. The number of aromatic nitrogens is 8. The highest BCUT2D eigenvalue weighted by molar-refractivity contribution is 6.15. The number of benzene rings is 16. The molecule has 0 atom stereocenters. The van der Waals surface area contributed by atoms with Crippen LogP contribution in [0.2, 0.25) is 0 Å².